The van der Waals surface area contributed by atoms with E-state index in [1.807, 2.05) is 51.1 Å². The summed E-state index contributed by atoms with van der Waals surface area (Å²) in [6.45, 7) is 18.3. The van der Waals surface area contributed by atoms with Crippen LogP contribution in [0.5, 0.6) is 5.75 Å². The highest BCUT2D eigenvalue weighted by atomic mass is 16.6. The topological polar surface area (TPSA) is 83.9 Å². The summed E-state index contributed by atoms with van der Waals surface area (Å²) in [5, 5.41) is 9.01. The van der Waals surface area contributed by atoms with Crippen LogP contribution in [0.25, 0.3) is 0 Å². The van der Waals surface area contributed by atoms with E-state index in [1.54, 1.807) is 38.1 Å². The molecule has 1 aliphatic carbocycles. The molecule has 1 aliphatic heterocycles. The number of carbonyl (C=O) groups is 3. The minimum absolute atomic E-state index is 0.0226. The highest BCUT2D eigenvalue weighted by Gasteiger charge is 2.44. The van der Waals surface area contributed by atoms with E-state index < -0.39 is 0 Å². The van der Waals surface area contributed by atoms with Gasteiger partial charge in [0.05, 0.1) is 11.1 Å². The molecule has 3 atom stereocenters. The molecule has 232 valence electrons. The van der Waals surface area contributed by atoms with Crippen LogP contribution in [0.4, 0.5) is 5.69 Å². The number of phenolic OH excluding ortho intramolecular Hbond substituents is 1. The Hall–Kier alpha value is -3.15. The number of phenols is 1. The Morgan fingerprint density at radius 3 is 1.86 bits per heavy atom. The van der Waals surface area contributed by atoms with Crippen molar-refractivity contribution in [2.45, 2.75) is 112 Å². The fourth-order valence-electron chi connectivity index (χ4n) is 5.05. The molecule has 1 saturated carbocycles. The van der Waals surface area contributed by atoms with E-state index >= 15 is 0 Å². The van der Waals surface area contributed by atoms with Crippen LogP contribution in [-0.4, -0.2) is 28.5 Å². The van der Waals surface area contributed by atoms with Crippen molar-refractivity contribution in [3.8, 4) is 5.75 Å². The van der Waals surface area contributed by atoms with Gasteiger partial charge in [0.15, 0.2) is 0 Å². The normalized spacial score (nSPS) is 20.4. The summed E-state index contributed by atoms with van der Waals surface area (Å²) >= 11 is 0. The number of amides is 2. The predicted octanol–water partition coefficient (Wildman–Crippen LogP) is 8.67. The molecule has 3 unspecified atom stereocenters. The van der Waals surface area contributed by atoms with Crippen molar-refractivity contribution in [3.63, 3.8) is 0 Å². The Morgan fingerprint density at radius 2 is 1.43 bits per heavy atom. The summed E-state index contributed by atoms with van der Waals surface area (Å²) in [7, 11) is 0. The third-order valence-corrected chi connectivity index (χ3v) is 9.29. The number of benzene rings is 2. The van der Waals surface area contributed by atoms with Gasteiger partial charge in [0.2, 0.25) is 11.8 Å². The molecule has 2 aliphatic rings. The van der Waals surface area contributed by atoms with E-state index in [1.165, 1.54) is 23.3 Å². The number of imide groups is 1. The van der Waals surface area contributed by atoms with Gasteiger partial charge in [-0.1, -0.05) is 78.8 Å². The van der Waals surface area contributed by atoms with Crippen molar-refractivity contribution in [2.24, 2.45) is 23.2 Å². The van der Waals surface area contributed by atoms with Crippen molar-refractivity contribution < 1.29 is 24.2 Å². The lowest BCUT2D eigenvalue weighted by Gasteiger charge is -2.36. The molecule has 1 N–H and O–H groups in total. The average Bonchev–Trinajstić information content (AvgIpc) is 3.54. The van der Waals surface area contributed by atoms with Gasteiger partial charge in [-0.05, 0) is 94.0 Å². The van der Waals surface area contributed by atoms with E-state index in [2.05, 4.69) is 27.7 Å². The second-order valence-electron chi connectivity index (χ2n) is 12.9. The van der Waals surface area contributed by atoms with Crippen LogP contribution >= 0.6 is 0 Å². The molecule has 6 heteroatoms. The van der Waals surface area contributed by atoms with Crippen molar-refractivity contribution in [2.75, 3.05) is 4.90 Å². The molecule has 42 heavy (non-hydrogen) atoms. The largest absolute Gasteiger partial charge is 0.508 e. The monoisotopic (exact) mass is 579 g/mol. The van der Waals surface area contributed by atoms with Crippen molar-refractivity contribution in [1.29, 1.82) is 0 Å². The Bertz CT molecular complexity index is 1130. The Morgan fingerprint density at radius 1 is 0.929 bits per heavy atom. The van der Waals surface area contributed by atoms with E-state index in [-0.39, 0.29) is 40.6 Å². The number of carbonyl (C=O) groups excluding carboxylic acids is 3. The Kier molecular flexibility index (Phi) is 12.8. The first-order valence-corrected chi connectivity index (χ1v) is 15.7. The van der Waals surface area contributed by atoms with Gasteiger partial charge >= 0.3 is 5.97 Å². The minimum Gasteiger partial charge on any atom is -0.508 e. The fraction of sp³-hybridized carbons (Fsp3) is 0.583. The van der Waals surface area contributed by atoms with E-state index in [4.69, 9.17) is 9.84 Å². The summed E-state index contributed by atoms with van der Waals surface area (Å²) in [4.78, 5) is 37.1. The summed E-state index contributed by atoms with van der Waals surface area (Å²) in [6, 6.07) is 16.5. The lowest BCUT2D eigenvalue weighted by Crippen LogP contribution is -2.41. The molecule has 0 spiro atoms. The van der Waals surface area contributed by atoms with Crippen molar-refractivity contribution in [3.05, 3.63) is 60.2 Å². The minimum atomic E-state index is -0.343. The van der Waals surface area contributed by atoms with Gasteiger partial charge < -0.3 is 9.84 Å². The van der Waals surface area contributed by atoms with E-state index in [9.17, 15) is 14.4 Å². The zero-order chi connectivity index (χ0) is 31.7. The Balaban J connectivity index is 0.000000224. The highest BCUT2D eigenvalue weighted by Crippen LogP contribution is 2.41. The maximum absolute atomic E-state index is 12.1. The zero-order valence-electron chi connectivity index (χ0n) is 27.3. The number of nitrogens with zero attached hydrogens (tertiary/aromatic N) is 1. The van der Waals surface area contributed by atoms with Crippen molar-refractivity contribution >= 4 is 23.5 Å². The van der Waals surface area contributed by atoms with E-state index in [0.29, 0.717) is 23.3 Å². The molecule has 1 heterocycles. The van der Waals surface area contributed by atoms with Crippen LogP contribution in [0.1, 0.15) is 112 Å². The van der Waals surface area contributed by atoms with Crippen LogP contribution in [0, 0.1) is 23.2 Å². The van der Waals surface area contributed by atoms with Gasteiger partial charge in [0.25, 0.3) is 0 Å². The van der Waals surface area contributed by atoms with Gasteiger partial charge in [-0.25, -0.2) is 0 Å². The Labute approximate surface area is 253 Å². The van der Waals surface area contributed by atoms with Crippen molar-refractivity contribution in [1.82, 2.24) is 0 Å². The second-order valence-corrected chi connectivity index (χ2v) is 12.9. The molecule has 1 saturated heterocycles. The van der Waals surface area contributed by atoms with Gasteiger partial charge in [-0.2, -0.15) is 0 Å². The zero-order valence-corrected chi connectivity index (χ0v) is 27.3. The fourth-order valence-corrected chi connectivity index (χ4v) is 5.05. The quantitative estimate of drug-likeness (QED) is 0.262. The SMILES string of the molecule is CC1C(=O)N(c2ccccc2)C(=O)C1C.CCC(C)(C)C(=O)OC1(C(C)C)CCCC1.CCC(C)c1ccc(O)cc1. The smallest absolute Gasteiger partial charge is 0.312 e. The summed E-state index contributed by atoms with van der Waals surface area (Å²) in [6.07, 6.45) is 6.44. The molecule has 2 aromatic rings. The molecule has 2 fully saturated rings. The third kappa shape index (κ3) is 8.68. The second kappa shape index (κ2) is 15.4. The molecule has 6 nitrogen and oxygen atoms in total. The lowest BCUT2D eigenvalue weighted by molar-refractivity contribution is -0.175. The van der Waals surface area contributed by atoms with Crippen LogP contribution in [0.3, 0.4) is 0 Å². The van der Waals surface area contributed by atoms with E-state index in [0.717, 1.165) is 25.7 Å². The summed E-state index contributed by atoms with van der Waals surface area (Å²) in [5.74, 6) is 0.720. The molecular weight excluding hydrogens is 526 g/mol. The van der Waals surface area contributed by atoms with Gasteiger partial charge in [-0.3, -0.25) is 19.3 Å². The molecule has 0 radical (unpaired) electrons. The molecular formula is C36H53NO5. The first kappa shape index (κ1) is 35.0. The van der Waals surface area contributed by atoms with Crippen LogP contribution in [-0.2, 0) is 19.1 Å². The number of anilines is 1. The number of hydrogen-bond donors (Lipinski definition) is 1. The first-order chi connectivity index (χ1) is 19.7. The summed E-state index contributed by atoms with van der Waals surface area (Å²) < 4.78 is 5.88. The highest BCUT2D eigenvalue weighted by molar-refractivity contribution is 6.21. The maximum atomic E-state index is 12.1. The lowest BCUT2D eigenvalue weighted by atomic mass is 9.86. The number of esters is 1. The van der Waals surface area contributed by atoms with Gasteiger partial charge in [-0.15, -0.1) is 0 Å². The average molecular weight is 580 g/mol. The van der Waals surface area contributed by atoms with Gasteiger partial charge in [0, 0.05) is 11.8 Å². The number of hydrogen-bond acceptors (Lipinski definition) is 5. The van der Waals surface area contributed by atoms with Crippen LogP contribution in [0.2, 0.25) is 0 Å². The standard InChI is InChI=1S/C14H26O2.C12H13NO2.C10H14O/c1-6-13(4,5)12(15)16-14(11(2)3)9-7-8-10-14;1-8-9(2)12(15)13(11(8)14)10-6-4-3-5-7-10;1-3-8(2)9-4-6-10(11)7-5-9/h11H,6-10H2,1-5H3;3-9H,1-2H3;4-8,11H,3H2,1-2H3. The van der Waals surface area contributed by atoms with Crippen LogP contribution in [0.15, 0.2) is 54.6 Å². The number of aromatic hydroxyl groups is 1. The molecule has 2 amide bonds. The van der Waals surface area contributed by atoms with Crippen LogP contribution < -0.4 is 4.90 Å². The maximum Gasteiger partial charge on any atom is 0.312 e. The third-order valence-electron chi connectivity index (χ3n) is 9.29. The predicted molar refractivity (Wildman–Crippen MR) is 170 cm³/mol. The number of para-hydroxylation sites is 1. The number of rotatable bonds is 7. The molecule has 0 bridgehead atoms. The molecule has 4 rings (SSSR count). The first-order valence-electron chi connectivity index (χ1n) is 15.7. The molecule has 0 aromatic heterocycles. The number of ether oxygens (including phenoxy) is 1. The van der Waals surface area contributed by atoms with Gasteiger partial charge in [0.1, 0.15) is 11.4 Å². The summed E-state index contributed by atoms with van der Waals surface area (Å²) in [5.41, 5.74) is 1.45. The molecule has 2 aromatic carbocycles.